The van der Waals surface area contributed by atoms with Gasteiger partial charge in [-0.3, -0.25) is 4.57 Å². The number of aromatic nitrogens is 2. The lowest BCUT2D eigenvalue weighted by molar-refractivity contribution is -0.142. The fourth-order valence-electron chi connectivity index (χ4n) is 2.18. The third-order valence-corrected chi connectivity index (χ3v) is 6.96. The van der Waals surface area contributed by atoms with Gasteiger partial charge in [0.15, 0.2) is 11.1 Å². The fraction of sp³-hybridized carbons (Fsp3) is 0.400. The van der Waals surface area contributed by atoms with Gasteiger partial charge in [-0.25, -0.2) is 0 Å². The third-order valence-electron chi connectivity index (χ3n) is 3.38. The molecule has 0 atom stereocenters. The Morgan fingerprint density at radius 1 is 1.11 bits per heavy atom. The monoisotopic (exact) mass is 426 g/mol. The molecular formula is C15H18F3N2O5PS. The van der Waals surface area contributed by atoms with E-state index in [9.17, 15) is 26.2 Å². The zero-order chi connectivity index (χ0) is 20.5. The summed E-state index contributed by atoms with van der Waals surface area (Å²) in [4.78, 5) is -0.393. The summed E-state index contributed by atoms with van der Waals surface area (Å²) in [6.07, 6.45) is -5.06. The van der Waals surface area contributed by atoms with E-state index in [1.807, 2.05) is 0 Å². The van der Waals surface area contributed by atoms with E-state index in [2.05, 4.69) is 5.10 Å². The highest BCUT2D eigenvalue weighted by molar-refractivity contribution is 7.90. The standard InChI is InChI=1S/C15H18F3N2O5PS/c1-4-24-26(21,25-5-2)14-10-13(15(16,17)18)20(19-14)27(22,23)12-8-6-11(3)7-9-12/h6-10H,4-5H2,1-3H3. The van der Waals surface area contributed by atoms with Gasteiger partial charge in [-0.1, -0.05) is 17.7 Å². The van der Waals surface area contributed by atoms with Crippen molar-refractivity contribution in [3.8, 4) is 0 Å². The van der Waals surface area contributed by atoms with Crippen molar-refractivity contribution in [2.75, 3.05) is 13.2 Å². The van der Waals surface area contributed by atoms with Gasteiger partial charge in [-0.15, -0.1) is 9.19 Å². The summed E-state index contributed by atoms with van der Waals surface area (Å²) in [6, 6.07) is 5.58. The topological polar surface area (TPSA) is 87.5 Å². The van der Waals surface area contributed by atoms with Crippen LogP contribution in [0, 0.1) is 6.92 Å². The number of benzene rings is 1. The highest BCUT2D eigenvalue weighted by Crippen LogP contribution is 2.47. The molecule has 150 valence electrons. The molecule has 2 rings (SSSR count). The molecule has 0 saturated carbocycles. The Bertz CT molecular complexity index is 945. The molecule has 7 nitrogen and oxygen atoms in total. The molecule has 0 spiro atoms. The average Bonchev–Trinajstić information content (AvgIpc) is 3.03. The minimum atomic E-state index is -5.06. The van der Waals surface area contributed by atoms with Crippen LogP contribution in [-0.4, -0.2) is 30.8 Å². The van der Waals surface area contributed by atoms with Crippen molar-refractivity contribution in [2.45, 2.75) is 31.8 Å². The summed E-state index contributed by atoms with van der Waals surface area (Å²) < 4.78 is 88.2. The van der Waals surface area contributed by atoms with E-state index < -0.39 is 39.8 Å². The number of nitrogens with zero attached hydrogens (tertiary/aromatic N) is 2. The minimum Gasteiger partial charge on any atom is -0.304 e. The van der Waals surface area contributed by atoms with E-state index in [0.717, 1.165) is 17.7 Å². The molecule has 1 heterocycles. The predicted molar refractivity (Wildman–Crippen MR) is 91.5 cm³/mol. The van der Waals surface area contributed by atoms with Crippen LogP contribution in [0.3, 0.4) is 0 Å². The second-order valence-electron chi connectivity index (χ2n) is 5.38. The molecule has 0 saturated heterocycles. The van der Waals surface area contributed by atoms with Crippen LogP contribution < -0.4 is 5.44 Å². The summed E-state index contributed by atoms with van der Waals surface area (Å²) in [5, 5.41) is 3.45. The molecule has 0 radical (unpaired) electrons. The van der Waals surface area contributed by atoms with E-state index in [1.54, 1.807) is 6.92 Å². The van der Waals surface area contributed by atoms with E-state index in [1.165, 1.54) is 26.0 Å². The molecule has 0 unspecified atom stereocenters. The summed E-state index contributed by atoms with van der Waals surface area (Å²) >= 11 is 0. The number of hydrogen-bond acceptors (Lipinski definition) is 6. The largest absolute Gasteiger partial charge is 0.434 e. The number of halogens is 3. The third kappa shape index (κ3) is 4.43. The van der Waals surface area contributed by atoms with E-state index in [0.29, 0.717) is 6.07 Å². The summed E-state index contributed by atoms with van der Waals surface area (Å²) in [7, 11) is -8.90. The Balaban J connectivity index is 2.70. The number of rotatable bonds is 7. The lowest BCUT2D eigenvalue weighted by atomic mass is 10.2. The van der Waals surface area contributed by atoms with Crippen molar-refractivity contribution >= 4 is 23.1 Å². The summed E-state index contributed by atoms with van der Waals surface area (Å²) in [6.45, 7) is 4.38. The van der Waals surface area contributed by atoms with Gasteiger partial charge in [0, 0.05) is 6.07 Å². The van der Waals surface area contributed by atoms with Gasteiger partial charge in [-0.2, -0.15) is 21.6 Å². The van der Waals surface area contributed by atoms with Crippen molar-refractivity contribution in [3.05, 3.63) is 41.6 Å². The van der Waals surface area contributed by atoms with Gasteiger partial charge in [-0.05, 0) is 32.9 Å². The van der Waals surface area contributed by atoms with Gasteiger partial charge in [0.1, 0.15) is 0 Å². The van der Waals surface area contributed by atoms with Crippen LogP contribution in [0.5, 0.6) is 0 Å². The fourth-order valence-corrected chi connectivity index (χ4v) is 5.03. The molecule has 0 N–H and O–H groups in total. The Morgan fingerprint density at radius 2 is 1.63 bits per heavy atom. The van der Waals surface area contributed by atoms with Crippen LogP contribution in [-0.2, 0) is 29.8 Å². The molecule has 2 aromatic rings. The van der Waals surface area contributed by atoms with Gasteiger partial charge >= 0.3 is 13.8 Å². The van der Waals surface area contributed by atoms with Crippen LogP contribution >= 0.6 is 7.60 Å². The first-order valence-corrected chi connectivity index (χ1v) is 10.8. The molecule has 1 aromatic carbocycles. The lowest BCUT2D eigenvalue weighted by Crippen LogP contribution is -2.23. The van der Waals surface area contributed by atoms with Crippen LogP contribution in [0.25, 0.3) is 0 Å². The summed E-state index contributed by atoms with van der Waals surface area (Å²) in [5.41, 5.74) is -1.60. The SMILES string of the molecule is CCOP(=O)(OCC)c1cc(C(F)(F)F)n(S(=O)(=O)c2ccc(C)cc2)n1. The Kier molecular flexibility index (Phi) is 6.20. The zero-order valence-electron chi connectivity index (χ0n) is 14.7. The van der Waals surface area contributed by atoms with E-state index in [-0.39, 0.29) is 17.3 Å². The van der Waals surface area contributed by atoms with Crippen molar-refractivity contribution in [2.24, 2.45) is 0 Å². The molecule has 27 heavy (non-hydrogen) atoms. The molecule has 0 fully saturated rings. The second kappa shape index (κ2) is 7.75. The van der Waals surface area contributed by atoms with E-state index in [4.69, 9.17) is 9.05 Å². The molecule has 12 heteroatoms. The number of aryl methyl sites for hydroxylation is 1. The average molecular weight is 426 g/mol. The molecular weight excluding hydrogens is 408 g/mol. The van der Waals surface area contributed by atoms with Crippen LogP contribution in [0.1, 0.15) is 25.1 Å². The van der Waals surface area contributed by atoms with Gasteiger partial charge < -0.3 is 9.05 Å². The molecule has 0 amide bonds. The quantitative estimate of drug-likeness (QED) is 0.631. The molecule has 0 aliphatic carbocycles. The van der Waals surface area contributed by atoms with Crippen molar-refractivity contribution < 1.29 is 35.2 Å². The second-order valence-corrected chi connectivity index (χ2v) is 9.12. The van der Waals surface area contributed by atoms with E-state index >= 15 is 0 Å². The first-order chi connectivity index (χ1) is 12.5. The maximum absolute atomic E-state index is 13.4. The molecule has 0 aliphatic heterocycles. The van der Waals surface area contributed by atoms with Crippen LogP contribution in [0.2, 0.25) is 0 Å². The Labute approximate surface area is 154 Å². The van der Waals surface area contributed by atoms with Crippen LogP contribution in [0.4, 0.5) is 13.2 Å². The van der Waals surface area contributed by atoms with Crippen LogP contribution in [0.15, 0.2) is 35.2 Å². The van der Waals surface area contributed by atoms with Gasteiger partial charge in [0.05, 0.1) is 18.1 Å². The van der Waals surface area contributed by atoms with Crippen molar-refractivity contribution in [1.29, 1.82) is 0 Å². The first kappa shape index (κ1) is 21.6. The number of alkyl halides is 3. The molecule has 0 aliphatic rings. The maximum Gasteiger partial charge on any atom is 0.434 e. The van der Waals surface area contributed by atoms with Crippen molar-refractivity contribution in [3.63, 3.8) is 0 Å². The first-order valence-electron chi connectivity index (χ1n) is 7.85. The Hall–Kier alpha value is -1.68. The van der Waals surface area contributed by atoms with Crippen molar-refractivity contribution in [1.82, 2.24) is 9.19 Å². The van der Waals surface area contributed by atoms with Gasteiger partial charge in [0.25, 0.3) is 10.0 Å². The maximum atomic E-state index is 13.4. The predicted octanol–water partition coefficient (Wildman–Crippen LogP) is 3.34. The molecule has 0 bridgehead atoms. The zero-order valence-corrected chi connectivity index (χ0v) is 16.4. The minimum absolute atomic E-state index is 0.129. The molecule has 1 aromatic heterocycles. The number of hydrogen-bond donors (Lipinski definition) is 0. The van der Waals surface area contributed by atoms with Gasteiger partial charge in [0.2, 0.25) is 0 Å². The summed E-state index contributed by atoms with van der Waals surface area (Å²) in [5.74, 6) is 0. The lowest BCUT2D eigenvalue weighted by Gasteiger charge is -2.14. The normalized spacial score (nSPS) is 13.1. The smallest absolute Gasteiger partial charge is 0.304 e. The Morgan fingerprint density at radius 3 is 2.07 bits per heavy atom. The highest BCUT2D eigenvalue weighted by atomic mass is 32.2. The highest BCUT2D eigenvalue weighted by Gasteiger charge is 2.43.